The summed E-state index contributed by atoms with van der Waals surface area (Å²) < 4.78 is 0. The fourth-order valence-corrected chi connectivity index (χ4v) is 2.08. The lowest BCUT2D eigenvalue weighted by molar-refractivity contribution is -0.384. The molecule has 0 amide bonds. The molecule has 0 aliphatic heterocycles. The maximum absolute atomic E-state index is 10.8. The minimum absolute atomic E-state index is 0.00210. The van der Waals surface area contributed by atoms with Crippen molar-refractivity contribution in [3.8, 4) is 6.07 Å². The topological polar surface area (TPSA) is 92.9 Å². The number of nitriles is 1. The van der Waals surface area contributed by atoms with Crippen LogP contribution in [-0.2, 0) is 0 Å². The Balaban J connectivity index is 2.57. The van der Waals surface area contributed by atoms with Crippen molar-refractivity contribution in [3.05, 3.63) is 75.3 Å². The van der Waals surface area contributed by atoms with Crippen molar-refractivity contribution in [1.29, 1.82) is 5.26 Å². The second-order valence-electron chi connectivity index (χ2n) is 4.52. The third-order valence-electron chi connectivity index (χ3n) is 3.15. The largest absolute Gasteiger partial charge is 0.397 e. The van der Waals surface area contributed by atoms with E-state index in [0.717, 1.165) is 5.56 Å². The number of nitro benzene ring substituents is 1. The summed E-state index contributed by atoms with van der Waals surface area (Å²) in [6.07, 6.45) is 0. The van der Waals surface area contributed by atoms with Gasteiger partial charge in [0.1, 0.15) is 6.07 Å². The van der Waals surface area contributed by atoms with Gasteiger partial charge in [-0.05, 0) is 24.1 Å². The van der Waals surface area contributed by atoms with Gasteiger partial charge >= 0.3 is 0 Å². The monoisotopic (exact) mass is 279 g/mol. The molecule has 0 bridgehead atoms. The Morgan fingerprint density at radius 2 is 1.90 bits per heavy atom. The van der Waals surface area contributed by atoms with Crippen LogP contribution in [0.5, 0.6) is 0 Å². The highest BCUT2D eigenvalue weighted by Crippen LogP contribution is 2.26. The lowest BCUT2D eigenvalue weighted by Gasteiger charge is -2.09. The zero-order chi connectivity index (χ0) is 15.4. The first-order valence-electron chi connectivity index (χ1n) is 6.25. The summed E-state index contributed by atoms with van der Waals surface area (Å²) in [5.41, 5.74) is 8.77. The van der Waals surface area contributed by atoms with Crippen LogP contribution in [0.4, 0.5) is 5.69 Å². The van der Waals surface area contributed by atoms with Crippen LogP contribution in [0.15, 0.2) is 48.5 Å². The van der Waals surface area contributed by atoms with Crippen molar-refractivity contribution in [1.82, 2.24) is 0 Å². The van der Waals surface area contributed by atoms with Gasteiger partial charge in [-0.2, -0.15) is 5.26 Å². The Kier molecular flexibility index (Phi) is 4.00. The lowest BCUT2D eigenvalue weighted by atomic mass is 9.98. The summed E-state index contributed by atoms with van der Waals surface area (Å²) in [5, 5.41) is 20.1. The predicted octanol–water partition coefficient (Wildman–Crippen LogP) is 3.25. The van der Waals surface area contributed by atoms with Crippen LogP contribution in [-0.4, -0.2) is 4.92 Å². The van der Waals surface area contributed by atoms with Crippen molar-refractivity contribution in [2.24, 2.45) is 5.73 Å². The van der Waals surface area contributed by atoms with Crippen molar-refractivity contribution in [2.75, 3.05) is 0 Å². The summed E-state index contributed by atoms with van der Waals surface area (Å²) in [5.74, 6) is 0. The molecule has 0 spiro atoms. The fraction of sp³-hybridized carbons (Fsp3) is 0.0625. The SMILES string of the molecule is Cc1cc([N+](=O)[O-])ccc1/C(N)=C(/C#N)c1ccccc1. The molecule has 0 saturated heterocycles. The van der Waals surface area contributed by atoms with Crippen molar-refractivity contribution < 1.29 is 4.92 Å². The van der Waals surface area contributed by atoms with Crippen LogP contribution in [0, 0.1) is 28.4 Å². The molecule has 21 heavy (non-hydrogen) atoms. The molecule has 5 heteroatoms. The van der Waals surface area contributed by atoms with Crippen LogP contribution in [0.3, 0.4) is 0 Å². The van der Waals surface area contributed by atoms with Crippen molar-refractivity contribution >= 4 is 17.0 Å². The molecule has 0 heterocycles. The molecule has 2 aromatic carbocycles. The van der Waals surface area contributed by atoms with E-state index in [-0.39, 0.29) is 5.69 Å². The van der Waals surface area contributed by atoms with Crippen molar-refractivity contribution in [2.45, 2.75) is 6.92 Å². The predicted molar refractivity (Wildman–Crippen MR) is 80.9 cm³/mol. The molecule has 104 valence electrons. The molecule has 0 radical (unpaired) electrons. The zero-order valence-corrected chi connectivity index (χ0v) is 11.4. The number of benzene rings is 2. The Hall–Kier alpha value is -3.13. The summed E-state index contributed by atoms with van der Waals surface area (Å²) in [7, 11) is 0. The van der Waals surface area contributed by atoms with E-state index in [9.17, 15) is 15.4 Å². The minimum atomic E-state index is -0.459. The molecule has 0 saturated carbocycles. The molecule has 0 atom stereocenters. The number of aryl methyl sites for hydroxylation is 1. The highest BCUT2D eigenvalue weighted by Gasteiger charge is 2.13. The van der Waals surface area contributed by atoms with Gasteiger partial charge in [0.05, 0.1) is 16.2 Å². The first kappa shape index (κ1) is 14.3. The zero-order valence-electron chi connectivity index (χ0n) is 11.4. The van der Waals surface area contributed by atoms with E-state index >= 15 is 0 Å². The van der Waals surface area contributed by atoms with Crippen LogP contribution < -0.4 is 5.73 Å². The second-order valence-corrected chi connectivity index (χ2v) is 4.52. The Labute approximate surface area is 122 Å². The van der Waals surface area contributed by atoms with Gasteiger partial charge in [-0.25, -0.2) is 0 Å². The molecule has 0 aliphatic rings. The molecule has 2 N–H and O–H groups in total. The van der Waals surface area contributed by atoms with Gasteiger partial charge in [-0.3, -0.25) is 10.1 Å². The molecular weight excluding hydrogens is 266 g/mol. The van der Waals surface area contributed by atoms with Gasteiger partial charge in [0.2, 0.25) is 0 Å². The number of nitrogens with zero attached hydrogens (tertiary/aromatic N) is 2. The van der Waals surface area contributed by atoms with Gasteiger partial charge in [-0.1, -0.05) is 30.3 Å². The van der Waals surface area contributed by atoms with E-state index in [2.05, 4.69) is 6.07 Å². The summed E-state index contributed by atoms with van der Waals surface area (Å²) in [6.45, 7) is 1.73. The maximum atomic E-state index is 10.8. The highest BCUT2D eigenvalue weighted by atomic mass is 16.6. The maximum Gasteiger partial charge on any atom is 0.269 e. The first-order chi connectivity index (χ1) is 10.0. The Morgan fingerprint density at radius 3 is 2.43 bits per heavy atom. The third kappa shape index (κ3) is 2.90. The van der Waals surface area contributed by atoms with Crippen LogP contribution >= 0.6 is 0 Å². The number of nitro groups is 1. The van der Waals surface area contributed by atoms with Gasteiger partial charge in [0.25, 0.3) is 5.69 Å². The normalized spacial score (nSPS) is 11.4. The van der Waals surface area contributed by atoms with Crippen LogP contribution in [0.2, 0.25) is 0 Å². The van der Waals surface area contributed by atoms with Crippen molar-refractivity contribution in [3.63, 3.8) is 0 Å². The Morgan fingerprint density at radius 1 is 1.24 bits per heavy atom. The number of nitrogens with two attached hydrogens (primary N) is 1. The molecular formula is C16H13N3O2. The smallest absolute Gasteiger partial charge is 0.269 e. The molecule has 0 aliphatic carbocycles. The molecule has 5 nitrogen and oxygen atoms in total. The van der Waals surface area contributed by atoms with Gasteiger partial charge < -0.3 is 5.73 Å². The molecule has 2 aromatic rings. The van der Waals surface area contributed by atoms with E-state index < -0.39 is 4.92 Å². The van der Waals surface area contributed by atoms with Crippen LogP contribution in [0.25, 0.3) is 11.3 Å². The average Bonchev–Trinajstić information content (AvgIpc) is 2.48. The first-order valence-corrected chi connectivity index (χ1v) is 6.25. The fourth-order valence-electron chi connectivity index (χ4n) is 2.08. The highest BCUT2D eigenvalue weighted by molar-refractivity contribution is 5.96. The quantitative estimate of drug-likeness (QED) is 0.404. The molecule has 0 unspecified atom stereocenters. The standard InChI is InChI=1S/C16H13N3O2/c1-11-9-13(19(20)21)7-8-14(11)16(18)15(10-17)12-5-3-2-4-6-12/h2-9H,18H2,1H3/b16-15+. The van der Waals surface area contributed by atoms with Gasteiger partial charge in [-0.15, -0.1) is 0 Å². The van der Waals surface area contributed by atoms with Gasteiger partial charge in [0.15, 0.2) is 0 Å². The Bertz CT molecular complexity index is 759. The molecule has 0 fully saturated rings. The van der Waals surface area contributed by atoms with E-state index in [0.29, 0.717) is 22.4 Å². The third-order valence-corrected chi connectivity index (χ3v) is 3.15. The molecule has 0 aromatic heterocycles. The second kappa shape index (κ2) is 5.88. The number of hydrogen-bond donors (Lipinski definition) is 1. The van der Waals surface area contributed by atoms with Crippen LogP contribution in [0.1, 0.15) is 16.7 Å². The number of allylic oxidation sites excluding steroid dienone is 1. The van der Waals surface area contributed by atoms with E-state index in [4.69, 9.17) is 5.73 Å². The summed E-state index contributed by atoms with van der Waals surface area (Å²) in [6, 6.07) is 15.6. The average molecular weight is 279 g/mol. The van der Waals surface area contributed by atoms with E-state index in [1.165, 1.54) is 12.1 Å². The van der Waals surface area contributed by atoms with E-state index in [1.54, 1.807) is 25.1 Å². The number of hydrogen-bond acceptors (Lipinski definition) is 4. The van der Waals surface area contributed by atoms with Gasteiger partial charge in [0, 0.05) is 17.7 Å². The summed E-state index contributed by atoms with van der Waals surface area (Å²) in [4.78, 5) is 10.3. The molecule has 2 rings (SSSR count). The number of rotatable bonds is 3. The minimum Gasteiger partial charge on any atom is -0.397 e. The lowest BCUT2D eigenvalue weighted by Crippen LogP contribution is -2.03. The number of non-ortho nitro benzene ring substituents is 1. The summed E-state index contributed by atoms with van der Waals surface area (Å²) >= 11 is 0. The van der Waals surface area contributed by atoms with E-state index in [1.807, 2.05) is 18.2 Å².